The molecular formula is C88H139NO4. The highest BCUT2D eigenvalue weighted by Crippen LogP contribution is 2.30. The van der Waals surface area contributed by atoms with Crippen molar-refractivity contribution in [1.82, 2.24) is 0 Å². The lowest BCUT2D eigenvalue weighted by molar-refractivity contribution is 0.134. The molecule has 0 unspecified atom stereocenters. The van der Waals surface area contributed by atoms with Gasteiger partial charge in [0.1, 0.15) is 5.75 Å². The predicted octanol–water partition coefficient (Wildman–Crippen LogP) is 25.8. The Hall–Kier alpha value is -6.30. The van der Waals surface area contributed by atoms with E-state index in [-0.39, 0.29) is 14.9 Å². The molecule has 7 aliphatic rings. The molecule has 14 rings (SSSR count). The number of benzene rings is 7. The van der Waals surface area contributed by atoms with Crippen LogP contribution in [0.15, 0.2) is 170 Å². The fraction of sp³-hybridized carbons (Fsp3) is 0.523. The Bertz CT molecular complexity index is 2130. The zero-order valence-corrected chi connectivity index (χ0v) is 61.7. The molecule has 5 nitrogen and oxygen atoms in total. The molecule has 0 aromatic heterocycles. The van der Waals surface area contributed by atoms with Crippen LogP contribution in [0, 0.1) is 41.4 Å². The molecule has 0 amide bonds. The normalized spacial score (nSPS) is 12.9. The van der Waals surface area contributed by atoms with E-state index in [1.165, 1.54) is 92.1 Å². The van der Waals surface area contributed by atoms with Crippen molar-refractivity contribution in [2.24, 2.45) is 41.4 Å². The first-order chi connectivity index (χ1) is 43.4. The maximum Gasteiger partial charge on any atom is 0.231 e. The standard InChI is InChI=1S/3C9H10.C8H9N.2C8H8O.C7H6O2.7C4H10.2CH4/c3*1-2-5-9-7-3-6-8(9)4-1;1-2-4-8-7(3-1)5-6-9-8;1-2-4-8-6-9-5-7(8)3-1;1-2-4-8-7(3-1)5-6-9-8;1-2-4-7-6(3-1)8-5-9-7;7*1-4(2)3;;/h3*1-2,4-5H,3,6-7H2;1-4,9H,5-6H2;2*1-4H,5-6H2;1-4H,5H2;7*4H,1-3H3;2*1H4. The van der Waals surface area contributed by atoms with Crippen LogP contribution in [0.1, 0.15) is 235 Å². The maximum absolute atomic E-state index is 5.30. The fourth-order valence-electron chi connectivity index (χ4n) is 8.86. The molecule has 7 aromatic carbocycles. The molecule has 0 saturated heterocycles. The molecule has 1 N–H and O–H groups in total. The second kappa shape index (κ2) is 55.0. The molecule has 0 fully saturated rings. The number of para-hydroxylation sites is 4. The summed E-state index contributed by atoms with van der Waals surface area (Å²) in [5.74, 6) is 8.59. The van der Waals surface area contributed by atoms with Crippen molar-refractivity contribution >= 4 is 5.69 Å². The Morgan fingerprint density at radius 1 is 0.258 bits per heavy atom. The molecule has 0 bridgehead atoms. The van der Waals surface area contributed by atoms with E-state index in [1.54, 1.807) is 33.4 Å². The summed E-state index contributed by atoms with van der Waals surface area (Å²) in [5, 5.41) is 3.30. The number of fused-ring (bicyclic) bond motifs is 7. The number of hydrogen-bond donors (Lipinski definition) is 1. The van der Waals surface area contributed by atoms with Gasteiger partial charge in [-0.05, 0) is 186 Å². The minimum atomic E-state index is 0. The number of rotatable bonds is 0. The summed E-state index contributed by atoms with van der Waals surface area (Å²) < 4.78 is 20.7. The molecular weight excluding hydrogens is 1130 g/mol. The van der Waals surface area contributed by atoms with Crippen molar-refractivity contribution in [3.63, 3.8) is 0 Å². The minimum absolute atomic E-state index is 0. The van der Waals surface area contributed by atoms with Crippen LogP contribution in [0.5, 0.6) is 17.2 Å². The van der Waals surface area contributed by atoms with Crippen molar-refractivity contribution in [2.45, 2.75) is 244 Å². The van der Waals surface area contributed by atoms with E-state index in [4.69, 9.17) is 18.9 Å². The largest absolute Gasteiger partial charge is 0.493 e. The third kappa shape index (κ3) is 47.3. The van der Waals surface area contributed by atoms with Gasteiger partial charge in [0, 0.05) is 18.7 Å². The topological polar surface area (TPSA) is 49.0 Å². The first-order valence-electron chi connectivity index (χ1n) is 35.1. The number of ether oxygens (including phenoxy) is 4. The zero-order valence-electron chi connectivity index (χ0n) is 61.7. The molecule has 4 heterocycles. The summed E-state index contributed by atoms with van der Waals surface area (Å²) >= 11 is 0. The van der Waals surface area contributed by atoms with E-state index >= 15 is 0 Å². The highest BCUT2D eigenvalue weighted by atomic mass is 16.7. The molecule has 4 aliphatic heterocycles. The van der Waals surface area contributed by atoms with E-state index < -0.39 is 0 Å². The number of anilines is 1. The monoisotopic (exact) mass is 1270 g/mol. The molecule has 0 spiro atoms. The highest BCUT2D eigenvalue weighted by molar-refractivity contribution is 5.55. The Kier molecular flexibility index (Phi) is 52.5. The molecule has 5 heteroatoms. The molecule has 0 atom stereocenters. The second-order valence-corrected chi connectivity index (χ2v) is 28.6. The quantitative estimate of drug-likeness (QED) is 0.164. The summed E-state index contributed by atoms with van der Waals surface area (Å²) in [4.78, 5) is 0. The second-order valence-electron chi connectivity index (χ2n) is 28.6. The Balaban J connectivity index is 0. The van der Waals surface area contributed by atoms with Crippen LogP contribution < -0.4 is 19.5 Å². The summed E-state index contributed by atoms with van der Waals surface area (Å²) in [6.45, 7) is 49.4. The SMILES string of the molecule is C.C.CC(C)C.CC(C)C.CC(C)C.CC(C)C.CC(C)C.CC(C)C.CC(C)C.c1ccc2c(c1)CCC2.c1ccc2c(c1)CCC2.c1ccc2c(c1)CCC2.c1ccc2c(c1)CCN2.c1ccc2c(c1)CCO2.c1ccc2c(c1)COC2.c1ccc2c(c1)OCO2. The first-order valence-corrected chi connectivity index (χ1v) is 35.1. The first kappa shape index (κ1) is 88.8. The van der Waals surface area contributed by atoms with Crippen LogP contribution in [-0.2, 0) is 69.3 Å². The van der Waals surface area contributed by atoms with Crippen LogP contribution >= 0.6 is 0 Å². The van der Waals surface area contributed by atoms with Crippen LogP contribution in [0.25, 0.3) is 0 Å². The molecule has 0 saturated carbocycles. The third-order valence-electron chi connectivity index (χ3n) is 12.3. The highest BCUT2D eigenvalue weighted by Gasteiger charge is 2.12. The van der Waals surface area contributed by atoms with Gasteiger partial charge in [-0.3, -0.25) is 0 Å². The van der Waals surface area contributed by atoms with E-state index in [2.05, 4.69) is 266 Å². The average molecular weight is 1280 g/mol. The smallest absolute Gasteiger partial charge is 0.231 e. The average Bonchev–Trinajstić information content (AvgIpc) is 2.30. The summed E-state index contributed by atoms with van der Waals surface area (Å²) in [7, 11) is 0. The van der Waals surface area contributed by atoms with Gasteiger partial charge in [0.15, 0.2) is 11.5 Å². The summed E-state index contributed by atoms with van der Waals surface area (Å²) in [6.07, 6.45) is 14.2. The van der Waals surface area contributed by atoms with Crippen molar-refractivity contribution in [3.05, 3.63) is 225 Å². The van der Waals surface area contributed by atoms with Crippen molar-refractivity contribution in [2.75, 3.05) is 25.3 Å². The van der Waals surface area contributed by atoms with Crippen LogP contribution in [-0.4, -0.2) is 19.9 Å². The minimum Gasteiger partial charge on any atom is -0.493 e. The van der Waals surface area contributed by atoms with Gasteiger partial charge < -0.3 is 24.3 Å². The zero-order chi connectivity index (χ0) is 67.8. The van der Waals surface area contributed by atoms with Crippen molar-refractivity contribution in [1.29, 1.82) is 0 Å². The summed E-state index contributed by atoms with van der Waals surface area (Å²) in [6, 6.07) is 58.8. The van der Waals surface area contributed by atoms with Crippen LogP contribution in [0.2, 0.25) is 0 Å². The van der Waals surface area contributed by atoms with Gasteiger partial charge in [0.25, 0.3) is 0 Å². The third-order valence-corrected chi connectivity index (χ3v) is 12.3. The number of nitrogens with one attached hydrogen (secondary N) is 1. The lowest BCUT2D eigenvalue weighted by atomic mass is 10.1. The molecule has 3 aliphatic carbocycles. The Morgan fingerprint density at radius 2 is 0.505 bits per heavy atom. The van der Waals surface area contributed by atoms with Crippen molar-refractivity contribution < 1.29 is 18.9 Å². The van der Waals surface area contributed by atoms with E-state index in [0.717, 1.165) is 91.5 Å². The van der Waals surface area contributed by atoms with Crippen LogP contribution in [0.3, 0.4) is 0 Å². The Morgan fingerprint density at radius 3 is 0.796 bits per heavy atom. The van der Waals surface area contributed by atoms with Gasteiger partial charge in [-0.15, -0.1) is 0 Å². The van der Waals surface area contributed by atoms with Gasteiger partial charge in [0.05, 0.1) is 19.8 Å². The number of hydrogen-bond acceptors (Lipinski definition) is 5. The predicted molar refractivity (Wildman–Crippen MR) is 414 cm³/mol. The van der Waals surface area contributed by atoms with Gasteiger partial charge in [-0.2, -0.15) is 0 Å². The fourth-order valence-corrected chi connectivity index (χ4v) is 8.86. The molecule has 520 valence electrons. The van der Waals surface area contributed by atoms with Gasteiger partial charge in [-0.1, -0.05) is 306 Å². The van der Waals surface area contributed by atoms with E-state index in [0.29, 0.717) is 6.79 Å². The lowest BCUT2D eigenvalue weighted by Gasteiger charge is -1.94. The van der Waals surface area contributed by atoms with E-state index in [1.807, 2.05) is 54.6 Å². The van der Waals surface area contributed by atoms with E-state index in [9.17, 15) is 0 Å². The Labute approximate surface area is 575 Å². The maximum atomic E-state index is 5.30. The summed E-state index contributed by atoms with van der Waals surface area (Å²) in [5.41, 5.74) is 16.2. The molecule has 0 radical (unpaired) electrons. The molecule has 93 heavy (non-hydrogen) atoms. The lowest BCUT2D eigenvalue weighted by Crippen LogP contribution is -1.92. The van der Waals surface area contributed by atoms with Crippen LogP contribution in [0.4, 0.5) is 5.69 Å². The molecule has 7 aromatic rings. The van der Waals surface area contributed by atoms with Gasteiger partial charge in [-0.25, -0.2) is 0 Å². The van der Waals surface area contributed by atoms with Gasteiger partial charge >= 0.3 is 0 Å². The van der Waals surface area contributed by atoms with Gasteiger partial charge in [0.2, 0.25) is 6.79 Å². The number of aryl methyl sites for hydroxylation is 6. The van der Waals surface area contributed by atoms with Crippen molar-refractivity contribution in [3.8, 4) is 17.2 Å².